The number of aromatic nitrogens is 1. The molecule has 152 valence electrons. The number of fused-ring (bicyclic) bond motifs is 4. The van der Waals surface area contributed by atoms with Gasteiger partial charge in [0.1, 0.15) is 6.61 Å². The second-order valence-electron chi connectivity index (χ2n) is 7.38. The number of ketones is 2. The maximum Gasteiger partial charge on any atom is 0.404 e. The Morgan fingerprint density at radius 1 is 1.48 bits per heavy atom. The molecule has 5 rings (SSSR count). The fourth-order valence-electron chi connectivity index (χ4n) is 4.83. The molecule has 3 aliphatic heterocycles. The first kappa shape index (κ1) is 18.3. The number of primary amides is 1. The molecule has 4 atom stereocenters. The van der Waals surface area contributed by atoms with Crippen molar-refractivity contribution in [3.63, 3.8) is 0 Å². The van der Waals surface area contributed by atoms with E-state index in [-0.39, 0.29) is 41.5 Å². The van der Waals surface area contributed by atoms with Crippen molar-refractivity contribution in [3.05, 3.63) is 34.1 Å². The van der Waals surface area contributed by atoms with Gasteiger partial charge in [0.25, 0.3) is 0 Å². The average Bonchev–Trinajstić information content (AvgIpc) is 3.05. The summed E-state index contributed by atoms with van der Waals surface area (Å²) in [6.07, 6.45) is 0.661. The minimum absolute atomic E-state index is 0.0733. The van der Waals surface area contributed by atoms with Crippen LogP contribution in [0, 0.1) is 5.92 Å². The van der Waals surface area contributed by atoms with E-state index < -0.39 is 17.7 Å². The molecular weight excluding hydrogens is 398 g/mol. The zero-order valence-electron chi connectivity index (χ0n) is 15.7. The van der Waals surface area contributed by atoms with E-state index in [4.69, 9.17) is 15.2 Å². The van der Waals surface area contributed by atoms with E-state index in [1.165, 1.54) is 18.4 Å². The van der Waals surface area contributed by atoms with Crippen LogP contribution in [0.5, 0.6) is 0 Å². The van der Waals surface area contributed by atoms with Crippen molar-refractivity contribution in [1.29, 1.82) is 0 Å². The fraction of sp³-hybridized carbons (Fsp3) is 0.444. The van der Waals surface area contributed by atoms with Crippen LogP contribution in [0.25, 0.3) is 0 Å². The zero-order chi connectivity index (χ0) is 20.5. The largest absolute Gasteiger partial charge is 0.449 e. The Bertz CT molecular complexity index is 1000. The Balaban J connectivity index is 1.59. The number of methoxy groups -OCH3 is 1. The van der Waals surface area contributed by atoms with E-state index in [0.29, 0.717) is 22.9 Å². The molecule has 10 nitrogen and oxygen atoms in total. The number of rotatable bonds is 5. The Kier molecular flexibility index (Phi) is 3.86. The number of carbonyl (C=O) groups excluding carboxylic acids is 3. The summed E-state index contributed by atoms with van der Waals surface area (Å²) >= 11 is 1.32. The number of Topliss-reactive ketones (excluding diaryl/α,β-unsaturated/α-hetero) is 2. The summed E-state index contributed by atoms with van der Waals surface area (Å²) in [5.74, 6) is -1.23. The smallest absolute Gasteiger partial charge is 0.404 e. The van der Waals surface area contributed by atoms with Gasteiger partial charge in [0.05, 0.1) is 23.4 Å². The normalized spacial score (nSPS) is 32.3. The zero-order valence-corrected chi connectivity index (χ0v) is 16.5. The Labute approximate surface area is 169 Å². The number of thiazole rings is 1. The first-order valence-corrected chi connectivity index (χ1v) is 10.00. The summed E-state index contributed by atoms with van der Waals surface area (Å²) in [4.78, 5) is 44.1. The summed E-state index contributed by atoms with van der Waals surface area (Å²) < 4.78 is 11.0. The third-order valence-electron chi connectivity index (χ3n) is 6.09. The standard InChI is InChI=1S/C18H19N5O5S/c1-7-11(22-17-20-3-4-29-17)14(25)10-8(6-28-16(19)26)18(27-2)15-9(21-15)5-23(18)12(10)13(7)24/h3-4,8-9,15,21H,5-6H2,1-2H3,(H2,19,26)(H,20,22)/t8-,9+,15+,18?/m0/s1. The van der Waals surface area contributed by atoms with Crippen molar-refractivity contribution in [1.82, 2.24) is 15.2 Å². The maximum absolute atomic E-state index is 13.5. The fourth-order valence-corrected chi connectivity index (χ4v) is 5.37. The number of nitrogens with one attached hydrogen (secondary N) is 2. The molecule has 4 heterocycles. The van der Waals surface area contributed by atoms with E-state index in [1.807, 2.05) is 4.90 Å². The highest BCUT2D eigenvalue weighted by Crippen LogP contribution is 2.55. The highest BCUT2D eigenvalue weighted by atomic mass is 32.1. The van der Waals surface area contributed by atoms with E-state index in [9.17, 15) is 14.4 Å². The molecule has 0 bridgehead atoms. The molecule has 29 heavy (non-hydrogen) atoms. The summed E-state index contributed by atoms with van der Waals surface area (Å²) in [7, 11) is 1.54. The molecule has 2 fully saturated rings. The molecule has 1 amide bonds. The predicted octanol–water partition coefficient (Wildman–Crippen LogP) is -0.0413. The second-order valence-corrected chi connectivity index (χ2v) is 8.28. The molecule has 0 spiro atoms. The van der Waals surface area contributed by atoms with Crippen LogP contribution in [-0.4, -0.2) is 65.6 Å². The Morgan fingerprint density at radius 2 is 2.28 bits per heavy atom. The molecule has 1 aromatic heterocycles. The van der Waals surface area contributed by atoms with Gasteiger partial charge in [-0.2, -0.15) is 0 Å². The summed E-state index contributed by atoms with van der Waals surface area (Å²) in [6.45, 7) is 1.99. The van der Waals surface area contributed by atoms with Gasteiger partial charge < -0.3 is 30.7 Å². The van der Waals surface area contributed by atoms with Crippen LogP contribution in [0.15, 0.2) is 34.1 Å². The van der Waals surface area contributed by atoms with Crippen molar-refractivity contribution >= 4 is 34.1 Å². The molecule has 1 unspecified atom stereocenters. The van der Waals surface area contributed by atoms with Crippen LogP contribution in [0.3, 0.4) is 0 Å². The third kappa shape index (κ3) is 2.35. The monoisotopic (exact) mass is 417 g/mol. The minimum atomic E-state index is -0.979. The molecule has 11 heteroatoms. The lowest BCUT2D eigenvalue weighted by Crippen LogP contribution is -2.55. The summed E-state index contributed by atoms with van der Waals surface area (Å²) in [5.41, 5.74) is 5.31. The van der Waals surface area contributed by atoms with E-state index >= 15 is 0 Å². The van der Waals surface area contributed by atoms with Crippen molar-refractivity contribution < 1.29 is 23.9 Å². The molecular formula is C18H19N5O5S. The number of nitrogens with zero attached hydrogens (tertiary/aromatic N) is 2. The van der Waals surface area contributed by atoms with Crippen molar-refractivity contribution in [3.8, 4) is 0 Å². The SMILES string of the molecule is COC12[C@@H]3N[C@@H]3CN1C1=C(C(=O)C(Nc3nccs3)=C(C)C1=O)[C@@H]2COC(N)=O. The van der Waals surface area contributed by atoms with E-state index in [2.05, 4.69) is 15.6 Å². The number of hydrogen-bond donors (Lipinski definition) is 3. The van der Waals surface area contributed by atoms with Crippen LogP contribution in [0.1, 0.15) is 6.92 Å². The summed E-state index contributed by atoms with van der Waals surface area (Å²) in [6, 6.07) is 0.0814. The number of nitrogens with two attached hydrogens (primary N) is 1. The van der Waals surface area contributed by atoms with Gasteiger partial charge in [-0.15, -0.1) is 11.3 Å². The van der Waals surface area contributed by atoms with Gasteiger partial charge in [-0.1, -0.05) is 0 Å². The third-order valence-corrected chi connectivity index (χ3v) is 6.78. The van der Waals surface area contributed by atoms with Crippen LogP contribution in [-0.2, 0) is 19.1 Å². The number of anilines is 1. The number of allylic oxidation sites excluding steroid dienone is 2. The summed E-state index contributed by atoms with van der Waals surface area (Å²) in [5, 5.41) is 8.59. The number of hydrogen-bond acceptors (Lipinski definition) is 10. The predicted molar refractivity (Wildman–Crippen MR) is 102 cm³/mol. The number of ether oxygens (including phenoxy) is 2. The first-order chi connectivity index (χ1) is 13.9. The number of amides is 1. The van der Waals surface area contributed by atoms with Gasteiger partial charge >= 0.3 is 6.09 Å². The van der Waals surface area contributed by atoms with Crippen LogP contribution >= 0.6 is 11.3 Å². The topological polar surface area (TPSA) is 146 Å². The molecule has 4 N–H and O–H groups in total. The second kappa shape index (κ2) is 6.12. The maximum atomic E-state index is 13.5. The van der Waals surface area contributed by atoms with Gasteiger partial charge in [-0.05, 0) is 6.92 Å². The molecule has 1 aromatic rings. The van der Waals surface area contributed by atoms with Gasteiger partial charge in [-0.25, -0.2) is 9.78 Å². The lowest BCUT2D eigenvalue weighted by molar-refractivity contribution is -0.137. The lowest BCUT2D eigenvalue weighted by Gasteiger charge is -2.39. The lowest BCUT2D eigenvalue weighted by atomic mass is 9.82. The van der Waals surface area contributed by atoms with Crippen LogP contribution < -0.4 is 16.4 Å². The Morgan fingerprint density at radius 3 is 2.93 bits per heavy atom. The molecule has 2 saturated heterocycles. The molecule has 0 radical (unpaired) electrons. The minimum Gasteiger partial charge on any atom is -0.449 e. The molecule has 1 aliphatic carbocycles. The average molecular weight is 417 g/mol. The van der Waals surface area contributed by atoms with Gasteiger partial charge in [-0.3, -0.25) is 9.59 Å². The van der Waals surface area contributed by atoms with Crippen LogP contribution in [0.4, 0.5) is 9.93 Å². The van der Waals surface area contributed by atoms with Crippen molar-refractivity contribution in [2.45, 2.75) is 24.7 Å². The highest BCUT2D eigenvalue weighted by molar-refractivity contribution is 7.13. The van der Waals surface area contributed by atoms with E-state index in [0.717, 1.165) is 0 Å². The van der Waals surface area contributed by atoms with Gasteiger partial charge in [0.15, 0.2) is 10.9 Å². The van der Waals surface area contributed by atoms with Crippen molar-refractivity contribution in [2.75, 3.05) is 25.6 Å². The quantitative estimate of drug-likeness (QED) is 0.443. The first-order valence-electron chi connectivity index (χ1n) is 9.12. The number of piperazine rings is 1. The Hall–Kier alpha value is -2.76. The highest BCUT2D eigenvalue weighted by Gasteiger charge is 2.72. The van der Waals surface area contributed by atoms with Crippen molar-refractivity contribution in [2.24, 2.45) is 11.7 Å². The van der Waals surface area contributed by atoms with Crippen LogP contribution in [0.2, 0.25) is 0 Å². The molecule has 0 aromatic carbocycles. The molecule has 4 aliphatic rings. The molecule has 0 saturated carbocycles. The number of carbonyl (C=O) groups is 3. The van der Waals surface area contributed by atoms with Gasteiger partial charge in [0, 0.05) is 42.4 Å². The van der Waals surface area contributed by atoms with E-state index in [1.54, 1.807) is 18.5 Å². The van der Waals surface area contributed by atoms with Gasteiger partial charge in [0.2, 0.25) is 11.6 Å².